The first-order chi connectivity index (χ1) is 9.70. The third-order valence-corrected chi connectivity index (χ3v) is 5.88. The first-order valence-electron chi connectivity index (χ1n) is 7.04. The summed E-state index contributed by atoms with van der Waals surface area (Å²) in [5, 5.41) is 8.52. The smallest absolute Gasteiger partial charge is 0.315 e. The Hall–Kier alpha value is -0.950. The highest BCUT2D eigenvalue weighted by atomic mass is 32.2. The molecular formula is C14H25N3O2S2. The van der Waals surface area contributed by atoms with Gasteiger partial charge in [0.15, 0.2) is 0 Å². The van der Waals surface area contributed by atoms with Crippen LogP contribution < -0.4 is 10.6 Å². The average Bonchev–Trinajstić information content (AvgIpc) is 2.84. The van der Waals surface area contributed by atoms with Gasteiger partial charge in [-0.05, 0) is 20.8 Å². The van der Waals surface area contributed by atoms with Crippen molar-refractivity contribution >= 4 is 28.2 Å². The van der Waals surface area contributed by atoms with Crippen LogP contribution in [0.4, 0.5) is 4.79 Å². The number of rotatable bonds is 6. The van der Waals surface area contributed by atoms with Crippen LogP contribution in [-0.4, -0.2) is 32.3 Å². The fourth-order valence-corrected chi connectivity index (χ4v) is 3.20. The number of hydrogen-bond acceptors (Lipinski definition) is 4. The summed E-state index contributed by atoms with van der Waals surface area (Å²) >= 11 is 1.61. The Balaban J connectivity index is 2.26. The lowest BCUT2D eigenvalue weighted by molar-refractivity contribution is 0.241. The first-order valence-corrected chi connectivity index (χ1v) is 9.24. The quantitative estimate of drug-likeness (QED) is 0.842. The molecule has 0 saturated heterocycles. The van der Waals surface area contributed by atoms with Gasteiger partial charge in [0.1, 0.15) is 0 Å². The van der Waals surface area contributed by atoms with Crippen LogP contribution in [0, 0.1) is 0 Å². The Kier molecular flexibility index (Phi) is 6.80. The molecule has 0 aliphatic rings. The molecule has 120 valence electrons. The van der Waals surface area contributed by atoms with Gasteiger partial charge in [0, 0.05) is 39.1 Å². The van der Waals surface area contributed by atoms with Gasteiger partial charge in [0.05, 0.1) is 17.2 Å². The van der Waals surface area contributed by atoms with E-state index in [1.807, 2.05) is 26.2 Å². The SMILES string of the molecule is CC(C)c1nc(CNC(=O)NCCS(=O)C(C)(C)C)cs1. The molecule has 0 spiro atoms. The molecule has 1 unspecified atom stereocenters. The second-order valence-corrected chi connectivity index (χ2v) is 9.32. The summed E-state index contributed by atoms with van der Waals surface area (Å²) < 4.78 is 11.6. The molecule has 0 fully saturated rings. The van der Waals surface area contributed by atoms with Crippen molar-refractivity contribution in [3.63, 3.8) is 0 Å². The van der Waals surface area contributed by atoms with Gasteiger partial charge in [0.2, 0.25) is 0 Å². The summed E-state index contributed by atoms with van der Waals surface area (Å²) in [6.07, 6.45) is 0. The van der Waals surface area contributed by atoms with Crippen LogP contribution in [0.5, 0.6) is 0 Å². The van der Waals surface area contributed by atoms with Crippen LogP contribution in [0.15, 0.2) is 5.38 Å². The predicted molar refractivity (Wildman–Crippen MR) is 89.2 cm³/mol. The van der Waals surface area contributed by atoms with Crippen molar-refractivity contribution < 1.29 is 9.00 Å². The van der Waals surface area contributed by atoms with Gasteiger partial charge < -0.3 is 10.6 Å². The van der Waals surface area contributed by atoms with E-state index in [0.717, 1.165) is 10.7 Å². The standard InChI is InChI=1S/C14H25N3O2S2/c1-10(2)12-17-11(9-20-12)8-16-13(18)15-6-7-21(19)14(3,4)5/h9-10H,6-8H2,1-5H3,(H2,15,16,18). The molecule has 1 rings (SSSR count). The number of nitrogens with zero attached hydrogens (tertiary/aromatic N) is 1. The third kappa shape index (κ3) is 6.56. The second-order valence-electron chi connectivity index (χ2n) is 6.10. The number of urea groups is 1. The van der Waals surface area contributed by atoms with Gasteiger partial charge in [-0.2, -0.15) is 0 Å². The van der Waals surface area contributed by atoms with E-state index in [1.165, 1.54) is 0 Å². The highest BCUT2D eigenvalue weighted by Crippen LogP contribution is 2.18. The molecule has 7 heteroatoms. The number of carbonyl (C=O) groups excluding carboxylic acids is 1. The van der Waals surface area contributed by atoms with Crippen LogP contribution in [0.3, 0.4) is 0 Å². The van der Waals surface area contributed by atoms with Crippen molar-refractivity contribution in [1.29, 1.82) is 0 Å². The largest absolute Gasteiger partial charge is 0.337 e. The molecule has 5 nitrogen and oxygen atoms in total. The number of thiazole rings is 1. The van der Waals surface area contributed by atoms with Crippen LogP contribution in [0.1, 0.15) is 51.2 Å². The van der Waals surface area contributed by atoms with Gasteiger partial charge >= 0.3 is 6.03 Å². The summed E-state index contributed by atoms with van der Waals surface area (Å²) in [6.45, 7) is 10.8. The zero-order valence-electron chi connectivity index (χ0n) is 13.4. The number of hydrogen-bond donors (Lipinski definition) is 2. The van der Waals surface area contributed by atoms with E-state index in [2.05, 4.69) is 29.5 Å². The summed E-state index contributed by atoms with van der Waals surface area (Å²) in [6, 6.07) is -0.250. The molecule has 0 aliphatic heterocycles. The highest BCUT2D eigenvalue weighted by Gasteiger charge is 2.18. The Bertz CT molecular complexity index is 493. The molecule has 0 aromatic carbocycles. The summed E-state index contributed by atoms with van der Waals surface area (Å²) in [5.74, 6) is 0.871. The fourth-order valence-electron chi connectivity index (χ4n) is 1.47. The minimum absolute atomic E-state index is 0.244. The zero-order chi connectivity index (χ0) is 16.0. The molecule has 2 amide bonds. The predicted octanol–water partition coefficient (Wildman–Crippen LogP) is 2.61. The molecule has 1 aromatic heterocycles. The number of nitrogens with one attached hydrogen (secondary N) is 2. The molecule has 0 aliphatic carbocycles. The maximum atomic E-state index is 11.8. The molecule has 0 saturated carbocycles. The number of amides is 2. The lowest BCUT2D eigenvalue weighted by atomic mass is 10.2. The molecule has 21 heavy (non-hydrogen) atoms. The molecule has 1 heterocycles. The first kappa shape index (κ1) is 18.1. The van der Waals surface area contributed by atoms with Gasteiger partial charge in [-0.1, -0.05) is 13.8 Å². The van der Waals surface area contributed by atoms with Crippen LogP contribution >= 0.6 is 11.3 Å². The Morgan fingerprint density at radius 1 is 1.38 bits per heavy atom. The van der Waals surface area contributed by atoms with E-state index < -0.39 is 10.8 Å². The second kappa shape index (κ2) is 7.89. The minimum atomic E-state index is -0.949. The molecule has 1 aromatic rings. The molecular weight excluding hydrogens is 306 g/mol. The van der Waals surface area contributed by atoms with Gasteiger partial charge in [-0.25, -0.2) is 9.78 Å². The van der Waals surface area contributed by atoms with E-state index in [0.29, 0.717) is 24.8 Å². The molecule has 1 atom stereocenters. The molecule has 0 radical (unpaired) electrons. The number of carbonyl (C=O) groups is 1. The third-order valence-electron chi connectivity index (χ3n) is 2.75. The van der Waals surface area contributed by atoms with Crippen molar-refractivity contribution in [2.75, 3.05) is 12.3 Å². The maximum absolute atomic E-state index is 11.8. The Morgan fingerprint density at radius 2 is 2.05 bits per heavy atom. The van der Waals surface area contributed by atoms with Crippen molar-refractivity contribution in [2.24, 2.45) is 0 Å². The van der Waals surface area contributed by atoms with Crippen molar-refractivity contribution in [2.45, 2.75) is 51.8 Å². The van der Waals surface area contributed by atoms with Crippen molar-refractivity contribution in [3.05, 3.63) is 16.1 Å². The highest BCUT2D eigenvalue weighted by molar-refractivity contribution is 7.86. The topological polar surface area (TPSA) is 71.1 Å². The van der Waals surface area contributed by atoms with E-state index in [4.69, 9.17) is 0 Å². The molecule has 0 bridgehead atoms. The van der Waals surface area contributed by atoms with E-state index >= 15 is 0 Å². The monoisotopic (exact) mass is 331 g/mol. The lowest BCUT2D eigenvalue weighted by Crippen LogP contribution is -2.38. The fraction of sp³-hybridized carbons (Fsp3) is 0.714. The van der Waals surface area contributed by atoms with Crippen molar-refractivity contribution in [3.8, 4) is 0 Å². The maximum Gasteiger partial charge on any atom is 0.315 e. The number of aromatic nitrogens is 1. The van der Waals surface area contributed by atoms with Gasteiger partial charge in [-0.15, -0.1) is 11.3 Å². The summed E-state index contributed by atoms with van der Waals surface area (Å²) in [7, 11) is -0.949. The normalized spacial score (nSPS) is 13.2. The van der Waals surface area contributed by atoms with E-state index in [-0.39, 0.29) is 10.8 Å². The van der Waals surface area contributed by atoms with Crippen LogP contribution in [0.25, 0.3) is 0 Å². The summed E-state index contributed by atoms with van der Waals surface area (Å²) in [4.78, 5) is 16.1. The molecule has 2 N–H and O–H groups in total. The van der Waals surface area contributed by atoms with Crippen LogP contribution in [-0.2, 0) is 17.3 Å². The van der Waals surface area contributed by atoms with E-state index in [1.54, 1.807) is 11.3 Å². The summed E-state index contributed by atoms with van der Waals surface area (Å²) in [5.41, 5.74) is 0.872. The van der Waals surface area contributed by atoms with Crippen LogP contribution in [0.2, 0.25) is 0 Å². The van der Waals surface area contributed by atoms with Crippen molar-refractivity contribution in [1.82, 2.24) is 15.6 Å². The van der Waals surface area contributed by atoms with E-state index in [9.17, 15) is 9.00 Å². The lowest BCUT2D eigenvalue weighted by Gasteiger charge is -2.17. The average molecular weight is 332 g/mol. The van der Waals surface area contributed by atoms with Gasteiger partial charge in [-0.3, -0.25) is 4.21 Å². The minimum Gasteiger partial charge on any atom is -0.337 e. The Labute approximate surface area is 133 Å². The zero-order valence-corrected chi connectivity index (χ0v) is 15.0. The van der Waals surface area contributed by atoms with Gasteiger partial charge in [0.25, 0.3) is 0 Å². The Morgan fingerprint density at radius 3 is 2.57 bits per heavy atom.